The predicted octanol–water partition coefficient (Wildman–Crippen LogP) is 5.72. The highest BCUT2D eigenvalue weighted by Gasteiger charge is 2.29. The number of hydrogen-bond acceptors (Lipinski definition) is 1. The van der Waals surface area contributed by atoms with Crippen molar-refractivity contribution in [3.63, 3.8) is 0 Å². The van der Waals surface area contributed by atoms with Crippen LogP contribution in [0.4, 0.5) is 0 Å². The van der Waals surface area contributed by atoms with Crippen molar-refractivity contribution in [1.29, 1.82) is 0 Å². The third-order valence-corrected chi connectivity index (χ3v) is 3.34. The molecular formula is C9H3Cl7O. The Morgan fingerprint density at radius 2 is 1.18 bits per heavy atom. The second kappa shape index (κ2) is 5.50. The molecule has 1 rings (SSSR count). The maximum atomic E-state index is 11.1. The van der Waals surface area contributed by atoms with Crippen molar-refractivity contribution < 1.29 is 4.79 Å². The zero-order valence-corrected chi connectivity index (χ0v) is 13.1. The van der Waals surface area contributed by atoms with E-state index in [1.165, 1.54) is 18.2 Å². The van der Waals surface area contributed by atoms with Gasteiger partial charge < -0.3 is 0 Å². The van der Waals surface area contributed by atoms with Crippen molar-refractivity contribution in [1.82, 2.24) is 0 Å². The molecule has 17 heavy (non-hydrogen) atoms. The molecular weight excluding hydrogens is 372 g/mol. The van der Waals surface area contributed by atoms with Crippen molar-refractivity contribution in [3.8, 4) is 0 Å². The number of rotatable bonds is 1. The van der Waals surface area contributed by atoms with Crippen LogP contribution in [-0.4, -0.2) is 5.24 Å². The lowest BCUT2D eigenvalue weighted by molar-refractivity contribution is 0.108. The van der Waals surface area contributed by atoms with Gasteiger partial charge in [-0.1, -0.05) is 69.6 Å². The summed E-state index contributed by atoms with van der Waals surface area (Å²) >= 11 is 39.6. The Hall–Kier alpha value is 0.920. The van der Waals surface area contributed by atoms with Crippen LogP contribution < -0.4 is 0 Å². The van der Waals surface area contributed by atoms with Crippen LogP contribution in [0.25, 0.3) is 0 Å². The number of hydrogen-bond donors (Lipinski definition) is 0. The molecule has 0 spiro atoms. The van der Waals surface area contributed by atoms with Gasteiger partial charge in [0.2, 0.25) is 7.59 Å². The maximum Gasteiger partial charge on any atom is 0.252 e. The van der Waals surface area contributed by atoms with Gasteiger partial charge >= 0.3 is 0 Å². The standard InChI is InChI=1S/C9H3Cl7O/c10-7(17)4-1-5(8(11,12)13)3-6(2-4)9(14,15)16/h1-3H. The smallest absolute Gasteiger partial charge is 0.252 e. The van der Waals surface area contributed by atoms with Gasteiger partial charge in [0.05, 0.1) is 0 Å². The maximum absolute atomic E-state index is 11.1. The molecule has 0 saturated heterocycles. The van der Waals surface area contributed by atoms with Crippen LogP contribution >= 0.6 is 81.2 Å². The van der Waals surface area contributed by atoms with Crippen molar-refractivity contribution in [2.24, 2.45) is 0 Å². The molecule has 0 atom stereocenters. The lowest BCUT2D eigenvalue weighted by atomic mass is 10.1. The quantitative estimate of drug-likeness (QED) is 0.453. The van der Waals surface area contributed by atoms with E-state index in [0.717, 1.165) is 0 Å². The Balaban J connectivity index is 3.45. The predicted molar refractivity (Wildman–Crippen MR) is 75.1 cm³/mol. The largest absolute Gasteiger partial charge is 0.276 e. The molecule has 0 unspecified atom stereocenters. The summed E-state index contributed by atoms with van der Waals surface area (Å²) in [6.45, 7) is 0. The van der Waals surface area contributed by atoms with Gasteiger partial charge in [-0.15, -0.1) is 0 Å². The second-order valence-corrected chi connectivity index (χ2v) is 7.97. The van der Waals surface area contributed by atoms with Crippen LogP contribution in [0.5, 0.6) is 0 Å². The summed E-state index contributed by atoms with van der Waals surface area (Å²) in [5.41, 5.74) is 0.461. The van der Waals surface area contributed by atoms with Gasteiger partial charge in [0.15, 0.2) is 0 Å². The van der Waals surface area contributed by atoms with Crippen molar-refractivity contribution in [2.75, 3.05) is 0 Å². The number of alkyl halides is 6. The molecule has 1 aromatic carbocycles. The fourth-order valence-corrected chi connectivity index (χ4v) is 1.83. The van der Waals surface area contributed by atoms with Crippen LogP contribution in [0.1, 0.15) is 21.5 Å². The molecule has 1 aromatic rings. The molecule has 0 bridgehead atoms. The van der Waals surface area contributed by atoms with Gasteiger partial charge in [-0.3, -0.25) is 4.79 Å². The van der Waals surface area contributed by atoms with Crippen molar-refractivity contribution in [2.45, 2.75) is 7.59 Å². The molecule has 94 valence electrons. The summed E-state index contributed by atoms with van der Waals surface area (Å²) in [7, 11) is 0. The number of benzene rings is 1. The summed E-state index contributed by atoms with van der Waals surface area (Å²) in [4.78, 5) is 11.1. The van der Waals surface area contributed by atoms with E-state index in [4.69, 9.17) is 81.2 Å². The fourth-order valence-electron chi connectivity index (χ4n) is 1.07. The van der Waals surface area contributed by atoms with Gasteiger partial charge in [0.1, 0.15) is 0 Å². The van der Waals surface area contributed by atoms with Gasteiger partial charge in [0, 0.05) is 16.7 Å². The fraction of sp³-hybridized carbons (Fsp3) is 0.222. The molecule has 0 radical (unpaired) electrons. The highest BCUT2D eigenvalue weighted by atomic mass is 35.6. The molecule has 0 amide bonds. The first-order valence-corrected chi connectivity index (χ1v) is 6.65. The summed E-state index contributed by atoms with van der Waals surface area (Å²) < 4.78 is -3.49. The van der Waals surface area contributed by atoms with Crippen LogP contribution in [0.2, 0.25) is 0 Å². The summed E-state index contributed by atoms with van der Waals surface area (Å²) in [6, 6.07) is 4.02. The number of carbonyl (C=O) groups is 1. The van der Waals surface area contributed by atoms with Gasteiger partial charge in [-0.25, -0.2) is 0 Å². The molecule has 8 heteroatoms. The molecule has 0 heterocycles. The van der Waals surface area contributed by atoms with Gasteiger partial charge in [0.25, 0.3) is 5.24 Å². The minimum Gasteiger partial charge on any atom is -0.276 e. The zero-order chi connectivity index (χ0) is 13.4. The van der Waals surface area contributed by atoms with E-state index < -0.39 is 12.8 Å². The van der Waals surface area contributed by atoms with E-state index in [-0.39, 0.29) is 16.7 Å². The average Bonchev–Trinajstić information content (AvgIpc) is 2.14. The molecule has 0 aliphatic carbocycles. The van der Waals surface area contributed by atoms with Crippen LogP contribution in [0.15, 0.2) is 18.2 Å². The van der Waals surface area contributed by atoms with Crippen LogP contribution in [0, 0.1) is 0 Å². The van der Waals surface area contributed by atoms with E-state index in [9.17, 15) is 4.79 Å². The lowest BCUT2D eigenvalue weighted by Gasteiger charge is -2.17. The third kappa shape index (κ3) is 4.50. The molecule has 0 aliphatic heterocycles. The molecule has 0 saturated carbocycles. The normalized spacial score (nSPS) is 12.6. The summed E-state index contributed by atoms with van der Waals surface area (Å²) in [5.74, 6) is 0. The first kappa shape index (κ1) is 16.0. The molecule has 0 aliphatic rings. The second-order valence-electron chi connectivity index (χ2n) is 3.07. The summed E-state index contributed by atoms with van der Waals surface area (Å²) in [6.07, 6.45) is 0. The molecule has 0 aromatic heterocycles. The van der Waals surface area contributed by atoms with E-state index in [1.807, 2.05) is 0 Å². The van der Waals surface area contributed by atoms with E-state index in [0.29, 0.717) is 0 Å². The number of halogens is 7. The lowest BCUT2D eigenvalue weighted by Crippen LogP contribution is -2.08. The van der Waals surface area contributed by atoms with Crippen molar-refractivity contribution in [3.05, 3.63) is 34.9 Å². The SMILES string of the molecule is O=C(Cl)c1cc(C(Cl)(Cl)Cl)cc(C(Cl)(Cl)Cl)c1. The van der Waals surface area contributed by atoms with E-state index in [2.05, 4.69) is 0 Å². The monoisotopic (exact) mass is 372 g/mol. The topological polar surface area (TPSA) is 17.1 Å². The first-order valence-electron chi connectivity index (χ1n) is 4.01. The van der Waals surface area contributed by atoms with Gasteiger partial charge in [-0.2, -0.15) is 0 Å². The van der Waals surface area contributed by atoms with E-state index >= 15 is 0 Å². The highest BCUT2D eigenvalue weighted by Crippen LogP contribution is 2.44. The van der Waals surface area contributed by atoms with Crippen LogP contribution in [0.3, 0.4) is 0 Å². The minimum absolute atomic E-state index is 0.0804. The Labute approximate surface area is 133 Å². The third-order valence-electron chi connectivity index (χ3n) is 1.81. The Morgan fingerprint density at radius 1 is 0.824 bits per heavy atom. The minimum atomic E-state index is -1.74. The molecule has 0 N–H and O–H groups in total. The summed E-state index contributed by atoms with van der Waals surface area (Å²) in [5, 5.41) is -0.739. The first-order chi connectivity index (χ1) is 7.51. The Bertz CT molecular complexity index is 411. The Morgan fingerprint density at radius 3 is 1.41 bits per heavy atom. The number of carbonyl (C=O) groups excluding carboxylic acids is 1. The Kier molecular flexibility index (Phi) is 5.17. The van der Waals surface area contributed by atoms with Gasteiger partial charge in [-0.05, 0) is 29.8 Å². The average molecular weight is 375 g/mol. The molecule has 0 fully saturated rings. The van der Waals surface area contributed by atoms with E-state index in [1.54, 1.807) is 0 Å². The molecule has 1 nitrogen and oxygen atoms in total. The van der Waals surface area contributed by atoms with Crippen molar-refractivity contribution >= 4 is 86.4 Å². The highest BCUT2D eigenvalue weighted by molar-refractivity contribution is 6.69. The zero-order valence-electron chi connectivity index (χ0n) is 7.79. The van der Waals surface area contributed by atoms with Crippen LogP contribution in [-0.2, 0) is 7.59 Å².